The first kappa shape index (κ1) is 23.6. The summed E-state index contributed by atoms with van der Waals surface area (Å²) < 4.78 is 13.5. The Morgan fingerprint density at radius 1 is 1.03 bits per heavy atom. The molecule has 0 bridgehead atoms. The second-order valence-corrected chi connectivity index (χ2v) is 8.13. The normalized spacial score (nSPS) is 15.9. The van der Waals surface area contributed by atoms with Gasteiger partial charge in [0, 0.05) is 11.1 Å². The van der Waals surface area contributed by atoms with Crippen LogP contribution in [0.1, 0.15) is 45.7 Å². The second-order valence-electron chi connectivity index (χ2n) is 8.13. The lowest BCUT2D eigenvalue weighted by molar-refractivity contribution is -0.138. The quantitative estimate of drug-likeness (QED) is 0.520. The van der Waals surface area contributed by atoms with Crippen LogP contribution in [-0.2, 0) is 9.59 Å². The van der Waals surface area contributed by atoms with Crippen LogP contribution in [0.5, 0.6) is 0 Å². The Bertz CT molecular complexity index is 1290. The Balaban J connectivity index is 1.81. The molecular weight excluding hydrogens is 453 g/mol. The van der Waals surface area contributed by atoms with Gasteiger partial charge in [0.25, 0.3) is 11.8 Å². The number of hydrogen-bond acceptors (Lipinski definition) is 4. The number of rotatable bonds is 5. The molecule has 0 saturated carbocycles. The molecule has 0 aliphatic carbocycles. The van der Waals surface area contributed by atoms with Gasteiger partial charge in [-0.25, -0.2) is 4.39 Å². The number of carboxylic acids is 1. The van der Waals surface area contributed by atoms with Crippen molar-refractivity contribution < 1.29 is 28.7 Å². The minimum absolute atomic E-state index is 0.0524. The monoisotopic (exact) mass is 475 g/mol. The molecule has 35 heavy (non-hydrogen) atoms. The molecule has 3 N–H and O–H groups in total. The standard InChI is InChI=1S/C26H22FN3O5/c1-15(26(34)35)28-24(32)18-9-12-21-20(13-18)29-23(31)14-22(16-5-3-2-4-6-16)30(21)25(33)17-7-10-19(27)11-8-17/h2-13,15,22H,14H2,1H3,(H,28,32)(H,29,31)(H,34,35). The second kappa shape index (κ2) is 9.76. The number of benzene rings is 3. The largest absolute Gasteiger partial charge is 0.480 e. The van der Waals surface area contributed by atoms with E-state index in [2.05, 4.69) is 10.6 Å². The van der Waals surface area contributed by atoms with Crippen LogP contribution < -0.4 is 15.5 Å². The molecule has 2 unspecified atom stereocenters. The number of carbonyl (C=O) groups is 4. The summed E-state index contributed by atoms with van der Waals surface area (Å²) in [5.74, 6) is -3.14. The molecule has 8 nitrogen and oxygen atoms in total. The molecule has 9 heteroatoms. The highest BCUT2D eigenvalue weighted by Crippen LogP contribution is 2.39. The van der Waals surface area contributed by atoms with Gasteiger partial charge < -0.3 is 15.7 Å². The third-order valence-electron chi connectivity index (χ3n) is 5.70. The number of aliphatic carboxylic acids is 1. The predicted molar refractivity (Wildman–Crippen MR) is 127 cm³/mol. The molecule has 1 aliphatic heterocycles. The number of carboxylic acid groups (broad SMARTS) is 1. The summed E-state index contributed by atoms with van der Waals surface area (Å²) in [6.07, 6.45) is -0.0524. The smallest absolute Gasteiger partial charge is 0.325 e. The number of nitrogens with one attached hydrogen (secondary N) is 2. The highest BCUT2D eigenvalue weighted by molar-refractivity contribution is 6.12. The van der Waals surface area contributed by atoms with Crippen molar-refractivity contribution in [1.29, 1.82) is 0 Å². The van der Waals surface area contributed by atoms with Crippen molar-refractivity contribution in [3.63, 3.8) is 0 Å². The van der Waals surface area contributed by atoms with Crippen molar-refractivity contribution in [3.8, 4) is 0 Å². The zero-order valence-corrected chi connectivity index (χ0v) is 18.7. The molecular formula is C26H22FN3O5. The minimum Gasteiger partial charge on any atom is -0.480 e. The first-order chi connectivity index (χ1) is 16.7. The number of carbonyl (C=O) groups excluding carboxylic acids is 3. The maximum absolute atomic E-state index is 13.7. The van der Waals surface area contributed by atoms with Gasteiger partial charge in [-0.05, 0) is 55.0 Å². The third-order valence-corrected chi connectivity index (χ3v) is 5.70. The van der Waals surface area contributed by atoms with Crippen molar-refractivity contribution in [2.75, 3.05) is 10.2 Å². The zero-order valence-electron chi connectivity index (χ0n) is 18.7. The molecule has 0 saturated heterocycles. The molecule has 0 aromatic heterocycles. The molecule has 2 atom stereocenters. The van der Waals surface area contributed by atoms with Crippen LogP contribution in [0.25, 0.3) is 0 Å². The Morgan fingerprint density at radius 2 is 1.69 bits per heavy atom. The fourth-order valence-corrected chi connectivity index (χ4v) is 3.89. The lowest BCUT2D eigenvalue weighted by Gasteiger charge is -2.31. The number of hydrogen-bond donors (Lipinski definition) is 3. The van der Waals surface area contributed by atoms with E-state index in [4.69, 9.17) is 5.11 Å². The Kier molecular flexibility index (Phi) is 6.59. The van der Waals surface area contributed by atoms with Crippen LogP contribution in [0.4, 0.5) is 15.8 Å². The molecule has 3 aromatic rings. The number of amides is 3. The van der Waals surface area contributed by atoms with Crippen LogP contribution in [-0.4, -0.2) is 34.8 Å². The van der Waals surface area contributed by atoms with Crippen molar-refractivity contribution in [3.05, 3.63) is 95.3 Å². The van der Waals surface area contributed by atoms with Gasteiger partial charge in [-0.2, -0.15) is 0 Å². The van der Waals surface area contributed by atoms with E-state index in [9.17, 15) is 23.6 Å². The summed E-state index contributed by atoms with van der Waals surface area (Å²) in [7, 11) is 0. The van der Waals surface area contributed by atoms with Crippen molar-refractivity contribution in [2.24, 2.45) is 0 Å². The molecule has 0 radical (unpaired) electrons. The van der Waals surface area contributed by atoms with E-state index in [1.807, 2.05) is 18.2 Å². The van der Waals surface area contributed by atoms with Gasteiger partial charge in [-0.3, -0.25) is 24.1 Å². The van der Waals surface area contributed by atoms with Gasteiger partial charge in [0.05, 0.1) is 23.8 Å². The van der Waals surface area contributed by atoms with E-state index in [0.717, 1.165) is 5.56 Å². The highest BCUT2D eigenvalue weighted by atomic mass is 19.1. The summed E-state index contributed by atoms with van der Waals surface area (Å²) in [5, 5.41) is 14.2. The molecule has 0 fully saturated rings. The molecule has 4 rings (SSSR count). The lowest BCUT2D eigenvalue weighted by atomic mass is 10.00. The molecule has 1 heterocycles. The van der Waals surface area contributed by atoms with E-state index in [0.29, 0.717) is 5.69 Å². The highest BCUT2D eigenvalue weighted by Gasteiger charge is 2.34. The van der Waals surface area contributed by atoms with E-state index in [-0.39, 0.29) is 29.1 Å². The average Bonchev–Trinajstić information content (AvgIpc) is 2.99. The first-order valence-electron chi connectivity index (χ1n) is 10.9. The van der Waals surface area contributed by atoms with E-state index in [1.54, 1.807) is 12.1 Å². The van der Waals surface area contributed by atoms with Crippen LogP contribution in [0.2, 0.25) is 0 Å². The van der Waals surface area contributed by atoms with Crippen molar-refractivity contribution in [2.45, 2.75) is 25.4 Å². The molecule has 178 valence electrons. The summed E-state index contributed by atoms with van der Waals surface area (Å²) >= 11 is 0. The van der Waals surface area contributed by atoms with Gasteiger partial charge in [0.15, 0.2) is 0 Å². The van der Waals surface area contributed by atoms with E-state index >= 15 is 0 Å². The summed E-state index contributed by atoms with van der Waals surface area (Å²) in [4.78, 5) is 51.6. The van der Waals surface area contributed by atoms with Crippen LogP contribution in [0.15, 0.2) is 72.8 Å². The first-order valence-corrected chi connectivity index (χ1v) is 10.9. The molecule has 1 aliphatic rings. The molecule has 0 spiro atoms. The zero-order chi connectivity index (χ0) is 25.1. The van der Waals surface area contributed by atoms with E-state index < -0.39 is 35.7 Å². The third kappa shape index (κ3) is 5.03. The lowest BCUT2D eigenvalue weighted by Crippen LogP contribution is -2.38. The van der Waals surface area contributed by atoms with Gasteiger partial charge in [0.1, 0.15) is 11.9 Å². The fourth-order valence-electron chi connectivity index (χ4n) is 3.89. The van der Waals surface area contributed by atoms with Gasteiger partial charge in [-0.1, -0.05) is 30.3 Å². The van der Waals surface area contributed by atoms with Crippen molar-refractivity contribution in [1.82, 2.24) is 5.32 Å². The predicted octanol–water partition coefficient (Wildman–Crippen LogP) is 3.76. The number of halogens is 1. The van der Waals surface area contributed by atoms with Crippen molar-refractivity contribution >= 4 is 35.1 Å². The van der Waals surface area contributed by atoms with Gasteiger partial charge >= 0.3 is 5.97 Å². The number of fused-ring (bicyclic) bond motifs is 1. The van der Waals surface area contributed by atoms with Crippen LogP contribution in [0.3, 0.4) is 0 Å². The fraction of sp³-hybridized carbons (Fsp3) is 0.154. The Labute approximate surface area is 200 Å². The average molecular weight is 475 g/mol. The van der Waals surface area contributed by atoms with E-state index in [1.165, 1.54) is 54.3 Å². The molecule has 3 amide bonds. The SMILES string of the molecule is CC(NC(=O)c1ccc2c(c1)NC(=O)CC(c1ccccc1)N2C(=O)c1ccc(F)cc1)C(=O)O. The Hall–Kier alpha value is -4.53. The maximum Gasteiger partial charge on any atom is 0.325 e. The topological polar surface area (TPSA) is 116 Å². The summed E-state index contributed by atoms with van der Waals surface area (Å²) in [6, 6.07) is 16.7. The van der Waals surface area contributed by atoms with Gasteiger partial charge in [-0.15, -0.1) is 0 Å². The summed E-state index contributed by atoms with van der Waals surface area (Å²) in [5.41, 5.74) is 1.64. The Morgan fingerprint density at radius 3 is 2.34 bits per heavy atom. The maximum atomic E-state index is 13.7. The van der Waals surface area contributed by atoms with Crippen LogP contribution >= 0.6 is 0 Å². The number of nitrogens with zero attached hydrogens (tertiary/aromatic N) is 1. The van der Waals surface area contributed by atoms with Crippen LogP contribution in [0, 0.1) is 5.82 Å². The summed E-state index contributed by atoms with van der Waals surface area (Å²) in [6.45, 7) is 1.33. The number of anilines is 2. The molecule has 3 aromatic carbocycles. The minimum atomic E-state index is -1.19. The van der Waals surface area contributed by atoms with Gasteiger partial charge in [0.2, 0.25) is 5.91 Å².